The summed E-state index contributed by atoms with van der Waals surface area (Å²) in [5.74, 6) is -0.259. The van der Waals surface area contributed by atoms with Crippen molar-refractivity contribution in [3.05, 3.63) is 29.8 Å². The first-order valence-electron chi connectivity index (χ1n) is 8.32. The number of nitrogens with two attached hydrogens (primary N) is 1. The number of nitrogens with one attached hydrogen (secondary N) is 1. The maximum atomic E-state index is 12.8. The first-order chi connectivity index (χ1) is 12.2. The number of carbonyl (C=O) groups excluding carboxylic acids is 1. The molecule has 1 amide bonds. The Morgan fingerprint density at radius 2 is 1.88 bits per heavy atom. The Labute approximate surface area is 150 Å². The molecule has 2 rings (SSSR count). The van der Waals surface area contributed by atoms with E-state index in [-0.39, 0.29) is 36.9 Å². The highest BCUT2D eigenvalue weighted by atomic mass is 32.2. The lowest BCUT2D eigenvalue weighted by Gasteiger charge is -2.34. The van der Waals surface area contributed by atoms with Crippen molar-refractivity contribution in [1.29, 1.82) is 0 Å². The molecule has 1 saturated heterocycles. The van der Waals surface area contributed by atoms with Gasteiger partial charge in [-0.25, -0.2) is 8.42 Å². The summed E-state index contributed by atoms with van der Waals surface area (Å²) >= 11 is 0. The number of piperidine rings is 1. The van der Waals surface area contributed by atoms with Gasteiger partial charge >= 0.3 is 6.18 Å². The van der Waals surface area contributed by atoms with Gasteiger partial charge in [0, 0.05) is 32.1 Å². The first-order valence-corrected chi connectivity index (χ1v) is 9.76. The molecule has 0 saturated carbocycles. The average Bonchev–Trinajstić information content (AvgIpc) is 2.60. The summed E-state index contributed by atoms with van der Waals surface area (Å²) in [5, 5.41) is 2.66. The summed E-state index contributed by atoms with van der Waals surface area (Å²) in [4.78, 5) is 11.4. The highest BCUT2D eigenvalue weighted by Crippen LogP contribution is 2.31. The van der Waals surface area contributed by atoms with Crippen molar-refractivity contribution < 1.29 is 26.4 Å². The van der Waals surface area contributed by atoms with Crippen LogP contribution in [0, 0.1) is 0 Å². The molecule has 1 fully saturated rings. The molecule has 1 aromatic carbocycles. The van der Waals surface area contributed by atoms with Crippen LogP contribution in [0.25, 0.3) is 0 Å². The summed E-state index contributed by atoms with van der Waals surface area (Å²) in [5.41, 5.74) is 4.40. The van der Waals surface area contributed by atoms with Gasteiger partial charge in [0.2, 0.25) is 15.9 Å². The van der Waals surface area contributed by atoms with E-state index in [9.17, 15) is 26.4 Å². The maximum Gasteiger partial charge on any atom is 0.416 e. The second-order valence-corrected chi connectivity index (χ2v) is 8.02. The number of carbonyl (C=O) groups is 1. The second-order valence-electron chi connectivity index (χ2n) is 6.13. The van der Waals surface area contributed by atoms with Gasteiger partial charge in [0.05, 0.1) is 10.5 Å². The number of sulfonamides is 1. The van der Waals surface area contributed by atoms with Crippen molar-refractivity contribution in [3.8, 4) is 0 Å². The SMILES string of the molecule is NCCC(=O)NCC1CCCCN1S(=O)(=O)c1ccc(C(F)(F)F)cc1. The zero-order valence-corrected chi connectivity index (χ0v) is 14.9. The van der Waals surface area contributed by atoms with Crippen LogP contribution in [0.5, 0.6) is 0 Å². The molecule has 0 aromatic heterocycles. The van der Waals surface area contributed by atoms with Crippen molar-refractivity contribution in [2.75, 3.05) is 19.6 Å². The molecule has 0 aliphatic carbocycles. The zero-order chi connectivity index (χ0) is 19.4. The average molecular weight is 393 g/mol. The Morgan fingerprint density at radius 3 is 2.46 bits per heavy atom. The number of rotatable bonds is 6. The van der Waals surface area contributed by atoms with Gasteiger partial charge < -0.3 is 11.1 Å². The van der Waals surface area contributed by atoms with Crippen LogP contribution in [-0.2, 0) is 21.0 Å². The van der Waals surface area contributed by atoms with Crippen molar-refractivity contribution in [2.24, 2.45) is 5.73 Å². The number of nitrogens with zero attached hydrogens (tertiary/aromatic N) is 1. The smallest absolute Gasteiger partial charge is 0.354 e. The molecular formula is C16H22F3N3O3S. The summed E-state index contributed by atoms with van der Waals surface area (Å²) in [6, 6.07) is 3.02. The maximum absolute atomic E-state index is 12.8. The molecule has 3 N–H and O–H groups in total. The minimum Gasteiger partial charge on any atom is -0.354 e. The van der Waals surface area contributed by atoms with Gasteiger partial charge in [0.25, 0.3) is 0 Å². The van der Waals surface area contributed by atoms with E-state index in [1.54, 1.807) is 0 Å². The highest BCUT2D eigenvalue weighted by Gasteiger charge is 2.35. The number of benzene rings is 1. The molecule has 0 radical (unpaired) electrons. The normalized spacial score (nSPS) is 19.3. The van der Waals surface area contributed by atoms with E-state index < -0.39 is 27.8 Å². The Kier molecular flexibility index (Phi) is 6.64. The second kappa shape index (κ2) is 8.36. The first kappa shape index (κ1) is 20.7. The van der Waals surface area contributed by atoms with Crippen LogP contribution in [0.1, 0.15) is 31.2 Å². The number of halogens is 3. The third-order valence-corrected chi connectivity index (χ3v) is 6.23. The minimum atomic E-state index is -4.52. The third kappa shape index (κ3) is 4.95. The molecule has 146 valence electrons. The van der Waals surface area contributed by atoms with Gasteiger partial charge in [-0.3, -0.25) is 4.79 Å². The molecule has 1 aliphatic heterocycles. The molecule has 10 heteroatoms. The molecule has 1 aromatic rings. The van der Waals surface area contributed by atoms with Crippen LogP contribution in [0.3, 0.4) is 0 Å². The van der Waals surface area contributed by atoms with Crippen LogP contribution in [0.4, 0.5) is 13.2 Å². The summed E-state index contributed by atoms with van der Waals surface area (Å²) in [6.45, 7) is 0.615. The number of hydrogen-bond donors (Lipinski definition) is 2. The lowest BCUT2D eigenvalue weighted by Crippen LogP contribution is -2.49. The third-order valence-electron chi connectivity index (χ3n) is 4.27. The topological polar surface area (TPSA) is 92.5 Å². The Hall–Kier alpha value is -1.65. The van der Waals surface area contributed by atoms with Crippen LogP contribution < -0.4 is 11.1 Å². The molecule has 1 unspecified atom stereocenters. The number of amides is 1. The van der Waals surface area contributed by atoms with Crippen LogP contribution in [0.2, 0.25) is 0 Å². The number of hydrogen-bond acceptors (Lipinski definition) is 4. The van der Waals surface area contributed by atoms with Crippen LogP contribution >= 0.6 is 0 Å². The molecule has 0 spiro atoms. The lowest BCUT2D eigenvalue weighted by atomic mass is 10.1. The van der Waals surface area contributed by atoms with E-state index in [2.05, 4.69) is 5.32 Å². The van der Waals surface area contributed by atoms with Gasteiger partial charge in [0.1, 0.15) is 0 Å². The highest BCUT2D eigenvalue weighted by molar-refractivity contribution is 7.89. The van der Waals surface area contributed by atoms with Gasteiger partial charge in [-0.1, -0.05) is 6.42 Å². The molecule has 1 atom stereocenters. The van der Waals surface area contributed by atoms with Crippen LogP contribution in [0.15, 0.2) is 29.2 Å². The van der Waals surface area contributed by atoms with Crippen molar-refractivity contribution in [1.82, 2.24) is 9.62 Å². The molecule has 0 bridgehead atoms. The van der Waals surface area contributed by atoms with Gasteiger partial charge in [-0.05, 0) is 37.1 Å². The van der Waals surface area contributed by atoms with E-state index in [1.807, 2.05) is 0 Å². The minimum absolute atomic E-state index is 0.151. The molecule has 1 aliphatic rings. The predicted octanol–water partition coefficient (Wildman–Crippen LogP) is 1.71. The fourth-order valence-electron chi connectivity index (χ4n) is 2.90. The largest absolute Gasteiger partial charge is 0.416 e. The van der Waals surface area contributed by atoms with E-state index >= 15 is 0 Å². The lowest BCUT2D eigenvalue weighted by molar-refractivity contribution is -0.137. The van der Waals surface area contributed by atoms with E-state index in [0.717, 1.165) is 30.7 Å². The molecular weight excluding hydrogens is 371 g/mol. The van der Waals surface area contributed by atoms with Gasteiger partial charge in [0.15, 0.2) is 0 Å². The summed E-state index contributed by atoms with van der Waals surface area (Å²) < 4.78 is 64.9. The van der Waals surface area contributed by atoms with E-state index in [4.69, 9.17) is 5.73 Å². The van der Waals surface area contributed by atoms with E-state index in [1.165, 1.54) is 4.31 Å². The Bertz CT molecular complexity index is 720. The van der Waals surface area contributed by atoms with Crippen molar-refractivity contribution in [3.63, 3.8) is 0 Å². The Balaban J connectivity index is 2.17. The fourth-order valence-corrected chi connectivity index (χ4v) is 4.59. The summed E-state index contributed by atoms with van der Waals surface area (Å²) in [6.07, 6.45) is -2.33. The monoisotopic (exact) mass is 393 g/mol. The molecule has 1 heterocycles. The summed E-state index contributed by atoms with van der Waals surface area (Å²) in [7, 11) is -3.94. The van der Waals surface area contributed by atoms with Gasteiger partial charge in [-0.15, -0.1) is 0 Å². The van der Waals surface area contributed by atoms with Crippen molar-refractivity contribution in [2.45, 2.75) is 42.8 Å². The van der Waals surface area contributed by atoms with E-state index in [0.29, 0.717) is 12.8 Å². The van der Waals surface area contributed by atoms with Crippen LogP contribution in [-0.4, -0.2) is 44.3 Å². The predicted molar refractivity (Wildman–Crippen MR) is 89.7 cm³/mol. The van der Waals surface area contributed by atoms with Gasteiger partial charge in [-0.2, -0.15) is 17.5 Å². The Morgan fingerprint density at radius 1 is 1.23 bits per heavy atom. The molecule has 26 heavy (non-hydrogen) atoms. The fraction of sp³-hybridized carbons (Fsp3) is 0.562. The molecule has 6 nitrogen and oxygen atoms in total. The number of alkyl halides is 3. The van der Waals surface area contributed by atoms with Crippen molar-refractivity contribution >= 4 is 15.9 Å². The zero-order valence-electron chi connectivity index (χ0n) is 14.1. The quantitative estimate of drug-likeness (QED) is 0.770. The standard InChI is InChI=1S/C16H22F3N3O3S/c17-16(18,19)12-4-6-14(7-5-12)26(24,25)22-10-2-1-3-13(22)11-21-15(23)8-9-20/h4-7,13H,1-3,8-11,20H2,(H,21,23).